The highest BCUT2D eigenvalue weighted by molar-refractivity contribution is 7.99. The molecule has 1 unspecified atom stereocenters. The molecule has 1 saturated heterocycles. The number of thioether (sulfide) groups is 1. The topological polar surface area (TPSA) is 73.1 Å². The summed E-state index contributed by atoms with van der Waals surface area (Å²) >= 11 is 1.40. The van der Waals surface area contributed by atoms with Crippen molar-refractivity contribution in [2.24, 2.45) is 0 Å². The average molecular weight is 359 g/mol. The number of ether oxygens (including phenoxy) is 1. The zero-order chi connectivity index (χ0) is 17.1. The first-order chi connectivity index (χ1) is 12.3. The number of tetrazole rings is 1. The summed E-state index contributed by atoms with van der Waals surface area (Å²) in [5.41, 5.74) is 2.59. The normalized spacial score (nSPS) is 19.8. The molecule has 0 spiro atoms. The van der Waals surface area contributed by atoms with Crippen LogP contribution in [0.25, 0.3) is 0 Å². The van der Waals surface area contributed by atoms with Crippen LogP contribution in [0.4, 0.5) is 0 Å². The van der Waals surface area contributed by atoms with Crippen molar-refractivity contribution in [3.8, 4) is 0 Å². The van der Waals surface area contributed by atoms with Crippen molar-refractivity contribution in [1.82, 2.24) is 25.1 Å². The SMILES string of the molecule is O=C(CSc1nnnn1CC1CCCO1)N1CCc2ccccc2C1. The molecule has 0 N–H and O–H groups in total. The van der Waals surface area contributed by atoms with E-state index < -0.39 is 0 Å². The fourth-order valence-electron chi connectivity index (χ4n) is 3.32. The van der Waals surface area contributed by atoms with Crippen molar-refractivity contribution < 1.29 is 9.53 Å². The fourth-order valence-corrected chi connectivity index (χ4v) is 4.11. The quantitative estimate of drug-likeness (QED) is 0.754. The molecule has 25 heavy (non-hydrogen) atoms. The van der Waals surface area contributed by atoms with Crippen molar-refractivity contribution >= 4 is 17.7 Å². The number of aromatic nitrogens is 4. The van der Waals surface area contributed by atoms with E-state index in [9.17, 15) is 4.79 Å². The van der Waals surface area contributed by atoms with Crippen molar-refractivity contribution in [1.29, 1.82) is 0 Å². The number of benzene rings is 1. The average Bonchev–Trinajstić information content (AvgIpc) is 3.32. The lowest BCUT2D eigenvalue weighted by Gasteiger charge is -2.28. The van der Waals surface area contributed by atoms with Crippen LogP contribution in [-0.2, 0) is 29.0 Å². The van der Waals surface area contributed by atoms with Gasteiger partial charge in [-0.25, -0.2) is 4.68 Å². The molecule has 0 bridgehead atoms. The number of nitrogens with zero attached hydrogens (tertiary/aromatic N) is 5. The number of carbonyl (C=O) groups is 1. The molecule has 1 fully saturated rings. The molecular formula is C17H21N5O2S. The Morgan fingerprint density at radius 2 is 2.20 bits per heavy atom. The van der Waals surface area contributed by atoms with Crippen LogP contribution in [0.1, 0.15) is 24.0 Å². The molecular weight excluding hydrogens is 338 g/mol. The Morgan fingerprint density at radius 3 is 3.04 bits per heavy atom. The van der Waals surface area contributed by atoms with Crippen LogP contribution in [0.3, 0.4) is 0 Å². The summed E-state index contributed by atoms with van der Waals surface area (Å²) < 4.78 is 7.38. The maximum atomic E-state index is 12.6. The van der Waals surface area contributed by atoms with Gasteiger partial charge in [0.25, 0.3) is 0 Å². The van der Waals surface area contributed by atoms with Gasteiger partial charge in [-0.05, 0) is 40.8 Å². The number of carbonyl (C=O) groups excluding carboxylic acids is 1. The molecule has 3 heterocycles. The smallest absolute Gasteiger partial charge is 0.233 e. The molecule has 2 aliphatic heterocycles. The standard InChI is InChI=1S/C17H21N5O2S/c23-16(21-8-7-13-4-1-2-5-14(13)10-21)12-25-17-18-19-20-22(17)11-15-6-3-9-24-15/h1-2,4-5,15H,3,6-12H2. The summed E-state index contributed by atoms with van der Waals surface area (Å²) in [5, 5.41) is 12.5. The third-order valence-corrected chi connectivity index (χ3v) is 5.65. The van der Waals surface area contributed by atoms with Gasteiger partial charge >= 0.3 is 0 Å². The minimum Gasteiger partial charge on any atom is -0.376 e. The molecule has 2 aliphatic rings. The van der Waals surface area contributed by atoms with Crippen molar-refractivity contribution in [3.63, 3.8) is 0 Å². The highest BCUT2D eigenvalue weighted by Crippen LogP contribution is 2.22. The third-order valence-electron chi connectivity index (χ3n) is 4.71. The predicted octanol–water partition coefficient (Wildman–Crippen LogP) is 1.53. The molecule has 1 amide bonds. The van der Waals surface area contributed by atoms with E-state index in [0.717, 1.165) is 32.4 Å². The fraction of sp³-hybridized carbons (Fsp3) is 0.529. The largest absolute Gasteiger partial charge is 0.376 e. The van der Waals surface area contributed by atoms with Gasteiger partial charge in [-0.1, -0.05) is 36.0 Å². The monoisotopic (exact) mass is 359 g/mol. The summed E-state index contributed by atoms with van der Waals surface area (Å²) in [4.78, 5) is 14.5. The molecule has 8 heteroatoms. The lowest BCUT2D eigenvalue weighted by Crippen LogP contribution is -2.37. The Morgan fingerprint density at radius 1 is 1.32 bits per heavy atom. The first-order valence-electron chi connectivity index (χ1n) is 8.65. The Hall–Kier alpha value is -1.93. The van der Waals surface area contributed by atoms with E-state index in [2.05, 4.69) is 33.7 Å². The van der Waals surface area contributed by atoms with Crippen LogP contribution in [0.2, 0.25) is 0 Å². The van der Waals surface area contributed by atoms with Gasteiger partial charge in [0.15, 0.2) is 0 Å². The number of hydrogen-bond acceptors (Lipinski definition) is 6. The molecule has 1 atom stereocenters. The van der Waals surface area contributed by atoms with Gasteiger partial charge in [0.2, 0.25) is 11.1 Å². The highest BCUT2D eigenvalue weighted by Gasteiger charge is 2.22. The maximum absolute atomic E-state index is 12.6. The molecule has 4 rings (SSSR count). The van der Waals surface area contributed by atoms with Crippen molar-refractivity contribution in [3.05, 3.63) is 35.4 Å². The van der Waals surface area contributed by atoms with Crippen LogP contribution >= 0.6 is 11.8 Å². The zero-order valence-electron chi connectivity index (χ0n) is 14.0. The number of fused-ring (bicyclic) bond motifs is 1. The van der Waals surface area contributed by atoms with Gasteiger partial charge in [-0.3, -0.25) is 4.79 Å². The van der Waals surface area contributed by atoms with E-state index in [1.165, 1.54) is 22.9 Å². The maximum Gasteiger partial charge on any atom is 0.233 e. The Labute approximate surface area is 150 Å². The second-order valence-electron chi connectivity index (χ2n) is 6.40. The van der Waals surface area contributed by atoms with E-state index >= 15 is 0 Å². The summed E-state index contributed by atoms with van der Waals surface area (Å²) in [5.74, 6) is 0.486. The van der Waals surface area contributed by atoms with E-state index in [1.54, 1.807) is 4.68 Å². The number of rotatable bonds is 5. The van der Waals surface area contributed by atoms with Gasteiger partial charge in [-0.2, -0.15) is 0 Å². The first-order valence-corrected chi connectivity index (χ1v) is 9.63. The zero-order valence-corrected chi connectivity index (χ0v) is 14.8. The molecule has 0 saturated carbocycles. The van der Waals surface area contributed by atoms with Crippen molar-refractivity contribution in [2.75, 3.05) is 18.9 Å². The van der Waals surface area contributed by atoms with Crippen LogP contribution in [0, 0.1) is 0 Å². The molecule has 7 nitrogen and oxygen atoms in total. The van der Waals surface area contributed by atoms with Crippen LogP contribution < -0.4 is 0 Å². The van der Waals surface area contributed by atoms with Gasteiger partial charge in [0, 0.05) is 19.7 Å². The van der Waals surface area contributed by atoms with Crippen LogP contribution in [-0.4, -0.2) is 56.0 Å². The van der Waals surface area contributed by atoms with E-state index in [-0.39, 0.29) is 12.0 Å². The minimum absolute atomic E-state index is 0.131. The van der Waals surface area contributed by atoms with E-state index in [4.69, 9.17) is 4.74 Å². The molecule has 1 aromatic heterocycles. The predicted molar refractivity (Wildman–Crippen MR) is 93.1 cm³/mol. The Kier molecular flexibility index (Phi) is 4.98. The molecule has 132 valence electrons. The minimum atomic E-state index is 0.131. The molecule has 1 aromatic carbocycles. The van der Waals surface area contributed by atoms with Gasteiger partial charge < -0.3 is 9.64 Å². The molecule has 0 aliphatic carbocycles. The first kappa shape index (κ1) is 16.5. The summed E-state index contributed by atoms with van der Waals surface area (Å²) in [7, 11) is 0. The van der Waals surface area contributed by atoms with Crippen LogP contribution in [0.15, 0.2) is 29.4 Å². The highest BCUT2D eigenvalue weighted by atomic mass is 32.2. The van der Waals surface area contributed by atoms with Crippen molar-refractivity contribution in [2.45, 2.75) is 43.6 Å². The Balaban J connectivity index is 1.33. The van der Waals surface area contributed by atoms with E-state index in [0.29, 0.717) is 24.0 Å². The number of hydrogen-bond donors (Lipinski definition) is 0. The molecule has 2 aromatic rings. The van der Waals surface area contributed by atoms with E-state index in [1.807, 2.05) is 11.0 Å². The summed E-state index contributed by atoms with van der Waals surface area (Å²) in [6.45, 7) is 2.93. The third kappa shape index (κ3) is 3.85. The van der Waals surface area contributed by atoms with Crippen LogP contribution in [0.5, 0.6) is 0 Å². The van der Waals surface area contributed by atoms with Gasteiger partial charge in [0.05, 0.1) is 18.4 Å². The Bertz CT molecular complexity index is 744. The number of amides is 1. The molecule has 0 radical (unpaired) electrons. The lowest BCUT2D eigenvalue weighted by molar-refractivity contribution is -0.129. The lowest BCUT2D eigenvalue weighted by atomic mass is 10.00. The summed E-state index contributed by atoms with van der Waals surface area (Å²) in [6.07, 6.45) is 3.22. The summed E-state index contributed by atoms with van der Waals surface area (Å²) in [6, 6.07) is 8.33. The second kappa shape index (κ2) is 7.53. The van der Waals surface area contributed by atoms with Gasteiger partial charge in [0.1, 0.15) is 0 Å². The second-order valence-corrected chi connectivity index (χ2v) is 7.34. The van der Waals surface area contributed by atoms with Gasteiger partial charge in [-0.15, -0.1) is 5.10 Å².